The highest BCUT2D eigenvalue weighted by molar-refractivity contribution is 5.94. The lowest BCUT2D eigenvalue weighted by molar-refractivity contribution is 0.0508. The van der Waals surface area contributed by atoms with E-state index in [4.69, 9.17) is 9.47 Å². The summed E-state index contributed by atoms with van der Waals surface area (Å²) in [5.74, 6) is -0.181. The molecule has 1 aromatic carbocycles. The number of nitrogens with zero attached hydrogens (tertiary/aromatic N) is 1. The number of amides is 3. The van der Waals surface area contributed by atoms with Crippen LogP contribution >= 0.6 is 0 Å². The van der Waals surface area contributed by atoms with E-state index in [-0.39, 0.29) is 32.1 Å². The van der Waals surface area contributed by atoms with Gasteiger partial charge in [-0.1, -0.05) is 19.1 Å². The first-order valence-corrected chi connectivity index (χ1v) is 10.6. The maximum absolute atomic E-state index is 13.0. The van der Waals surface area contributed by atoms with Crippen molar-refractivity contribution in [2.24, 2.45) is 0 Å². The van der Waals surface area contributed by atoms with Gasteiger partial charge in [0.15, 0.2) is 0 Å². The maximum Gasteiger partial charge on any atom is 0.407 e. The van der Waals surface area contributed by atoms with Gasteiger partial charge in [-0.2, -0.15) is 0 Å². The molecular weight excluding hydrogens is 398 g/mol. The van der Waals surface area contributed by atoms with Crippen LogP contribution in [0.15, 0.2) is 24.3 Å². The van der Waals surface area contributed by atoms with Gasteiger partial charge in [-0.15, -0.1) is 0 Å². The summed E-state index contributed by atoms with van der Waals surface area (Å²) in [7, 11) is 0. The average Bonchev–Trinajstić information content (AvgIpc) is 2.63. The summed E-state index contributed by atoms with van der Waals surface area (Å²) in [4.78, 5) is 38.3. The third-order valence-corrected chi connectivity index (χ3v) is 4.00. The molecule has 8 heteroatoms. The number of carbonyl (C=O) groups is 3. The standard InChI is InChI=1S/C23H37N3O5/c1-8-17-9-11-18(12-10-17)19(27)26(15-13-24-20(28)30-22(2,3)4)16-14-25-21(29)31-23(5,6)7/h9-12H,8,13-16H2,1-7H3,(H,24,28)(H,25,29). The van der Waals surface area contributed by atoms with Gasteiger partial charge in [-0.05, 0) is 65.7 Å². The highest BCUT2D eigenvalue weighted by Crippen LogP contribution is 2.10. The van der Waals surface area contributed by atoms with Crippen LogP contribution in [0, 0.1) is 0 Å². The summed E-state index contributed by atoms with van der Waals surface area (Å²) < 4.78 is 10.4. The summed E-state index contributed by atoms with van der Waals surface area (Å²) in [6.45, 7) is 13.7. The summed E-state index contributed by atoms with van der Waals surface area (Å²) >= 11 is 0. The van der Waals surface area contributed by atoms with Crippen LogP contribution < -0.4 is 10.6 Å². The van der Waals surface area contributed by atoms with Crippen LogP contribution in [-0.4, -0.2) is 60.4 Å². The second-order valence-electron chi connectivity index (χ2n) is 9.20. The molecule has 3 amide bonds. The van der Waals surface area contributed by atoms with Crippen LogP contribution in [0.5, 0.6) is 0 Å². The predicted octanol–water partition coefficient (Wildman–Crippen LogP) is 3.74. The first kappa shape index (κ1) is 26.3. The molecule has 0 heterocycles. The zero-order chi connectivity index (χ0) is 23.7. The predicted molar refractivity (Wildman–Crippen MR) is 120 cm³/mol. The maximum atomic E-state index is 13.0. The van der Waals surface area contributed by atoms with Crippen molar-refractivity contribution in [3.8, 4) is 0 Å². The Balaban J connectivity index is 2.72. The van der Waals surface area contributed by atoms with Gasteiger partial charge in [0.2, 0.25) is 0 Å². The molecule has 0 aliphatic heterocycles. The molecule has 1 rings (SSSR count). The number of carbonyl (C=O) groups excluding carboxylic acids is 3. The van der Waals surface area contributed by atoms with Crippen LogP contribution in [0.25, 0.3) is 0 Å². The number of rotatable bonds is 8. The van der Waals surface area contributed by atoms with Crippen molar-refractivity contribution in [2.75, 3.05) is 26.2 Å². The summed E-state index contributed by atoms with van der Waals surface area (Å²) in [5.41, 5.74) is 0.489. The van der Waals surface area contributed by atoms with E-state index in [0.717, 1.165) is 12.0 Å². The lowest BCUT2D eigenvalue weighted by atomic mass is 10.1. The molecule has 31 heavy (non-hydrogen) atoms. The minimum Gasteiger partial charge on any atom is -0.444 e. The van der Waals surface area contributed by atoms with Crippen LogP contribution in [0.2, 0.25) is 0 Å². The van der Waals surface area contributed by atoms with Crippen molar-refractivity contribution in [2.45, 2.75) is 66.1 Å². The summed E-state index contributed by atoms with van der Waals surface area (Å²) in [6.07, 6.45) is -0.198. The van der Waals surface area contributed by atoms with E-state index in [1.54, 1.807) is 58.6 Å². The van der Waals surface area contributed by atoms with Gasteiger partial charge < -0.3 is 25.0 Å². The molecule has 0 atom stereocenters. The molecule has 0 radical (unpaired) electrons. The van der Waals surface area contributed by atoms with Crippen molar-refractivity contribution in [1.29, 1.82) is 0 Å². The van der Waals surface area contributed by atoms with Gasteiger partial charge in [-0.3, -0.25) is 4.79 Å². The van der Waals surface area contributed by atoms with Crippen LogP contribution in [0.3, 0.4) is 0 Å². The number of ether oxygens (including phenoxy) is 2. The number of hydrogen-bond donors (Lipinski definition) is 2. The third-order valence-electron chi connectivity index (χ3n) is 4.00. The van der Waals surface area contributed by atoms with Gasteiger partial charge >= 0.3 is 12.2 Å². The molecule has 174 valence electrons. The lowest BCUT2D eigenvalue weighted by Gasteiger charge is -2.25. The highest BCUT2D eigenvalue weighted by Gasteiger charge is 2.20. The number of alkyl carbamates (subject to hydrolysis) is 2. The smallest absolute Gasteiger partial charge is 0.407 e. The fourth-order valence-electron chi connectivity index (χ4n) is 2.59. The molecule has 0 bridgehead atoms. The zero-order valence-electron chi connectivity index (χ0n) is 19.8. The quantitative estimate of drug-likeness (QED) is 0.648. The summed E-state index contributed by atoms with van der Waals surface area (Å²) in [5, 5.41) is 5.31. The highest BCUT2D eigenvalue weighted by atomic mass is 16.6. The number of hydrogen-bond acceptors (Lipinski definition) is 5. The van der Waals surface area contributed by atoms with Gasteiger partial charge in [0.05, 0.1) is 0 Å². The molecule has 0 fully saturated rings. The molecule has 2 N–H and O–H groups in total. The first-order chi connectivity index (χ1) is 14.3. The van der Waals surface area contributed by atoms with Crippen LogP contribution in [-0.2, 0) is 15.9 Å². The van der Waals surface area contributed by atoms with Crippen molar-refractivity contribution in [3.63, 3.8) is 0 Å². The van der Waals surface area contributed by atoms with Crippen molar-refractivity contribution in [3.05, 3.63) is 35.4 Å². The fourth-order valence-corrected chi connectivity index (χ4v) is 2.59. The largest absolute Gasteiger partial charge is 0.444 e. The zero-order valence-corrected chi connectivity index (χ0v) is 19.8. The molecule has 8 nitrogen and oxygen atoms in total. The van der Waals surface area contributed by atoms with Gasteiger partial charge in [0.25, 0.3) is 5.91 Å². The Morgan fingerprint density at radius 2 is 1.23 bits per heavy atom. The number of aryl methyl sites for hydroxylation is 1. The Bertz CT molecular complexity index is 699. The van der Waals surface area contributed by atoms with Gasteiger partial charge in [0.1, 0.15) is 11.2 Å². The Hall–Kier alpha value is -2.77. The monoisotopic (exact) mass is 435 g/mol. The second kappa shape index (κ2) is 11.6. The molecule has 1 aromatic rings. The van der Waals surface area contributed by atoms with Crippen molar-refractivity contribution in [1.82, 2.24) is 15.5 Å². The first-order valence-electron chi connectivity index (χ1n) is 10.6. The van der Waals surface area contributed by atoms with E-state index < -0.39 is 23.4 Å². The van der Waals surface area contributed by atoms with Crippen LogP contribution in [0.1, 0.15) is 64.4 Å². The Labute approximate surface area is 185 Å². The van der Waals surface area contributed by atoms with Gasteiger partial charge in [0, 0.05) is 31.7 Å². The molecule has 0 spiro atoms. The number of benzene rings is 1. The summed E-state index contributed by atoms with van der Waals surface area (Å²) in [6, 6.07) is 7.42. The third kappa shape index (κ3) is 11.3. The Kier molecular flexibility index (Phi) is 9.81. The van der Waals surface area contributed by atoms with E-state index in [0.29, 0.717) is 5.56 Å². The molecule has 0 aromatic heterocycles. The Morgan fingerprint density at radius 1 is 0.806 bits per heavy atom. The number of nitrogens with one attached hydrogen (secondary N) is 2. The van der Waals surface area contributed by atoms with Crippen molar-refractivity contribution >= 4 is 18.1 Å². The van der Waals surface area contributed by atoms with Crippen molar-refractivity contribution < 1.29 is 23.9 Å². The van der Waals surface area contributed by atoms with E-state index in [2.05, 4.69) is 10.6 Å². The van der Waals surface area contributed by atoms with Gasteiger partial charge in [-0.25, -0.2) is 9.59 Å². The van der Waals surface area contributed by atoms with E-state index in [9.17, 15) is 14.4 Å². The fraction of sp³-hybridized carbons (Fsp3) is 0.609. The topological polar surface area (TPSA) is 97.0 Å². The van der Waals surface area contributed by atoms with E-state index in [1.807, 2.05) is 19.1 Å². The molecular formula is C23H37N3O5. The van der Waals surface area contributed by atoms with E-state index >= 15 is 0 Å². The SMILES string of the molecule is CCc1ccc(C(=O)N(CCNC(=O)OC(C)(C)C)CCNC(=O)OC(C)(C)C)cc1. The molecule has 0 aliphatic rings. The second-order valence-corrected chi connectivity index (χ2v) is 9.20. The normalized spacial score (nSPS) is 11.5. The molecule has 0 saturated carbocycles. The molecule has 0 unspecified atom stereocenters. The molecule has 0 saturated heterocycles. The van der Waals surface area contributed by atoms with E-state index in [1.165, 1.54) is 0 Å². The minimum atomic E-state index is -0.599. The Morgan fingerprint density at radius 3 is 1.58 bits per heavy atom. The minimum absolute atomic E-state index is 0.181. The lowest BCUT2D eigenvalue weighted by Crippen LogP contribution is -2.44. The molecule has 0 aliphatic carbocycles. The average molecular weight is 436 g/mol. The van der Waals surface area contributed by atoms with Crippen LogP contribution in [0.4, 0.5) is 9.59 Å².